The maximum absolute atomic E-state index is 11.4. The van der Waals surface area contributed by atoms with Crippen LogP contribution < -0.4 is 0 Å². The van der Waals surface area contributed by atoms with Crippen molar-refractivity contribution >= 4 is 33.0 Å². The molecular weight excluding hydrogens is 245 g/mol. The monoisotopic (exact) mass is 249 g/mol. The molecule has 14 heavy (non-hydrogen) atoms. The van der Waals surface area contributed by atoms with Crippen molar-refractivity contribution in [3.05, 3.63) is 28.2 Å². The van der Waals surface area contributed by atoms with E-state index in [-0.39, 0.29) is 14.9 Å². The van der Waals surface area contributed by atoms with Crippen LogP contribution in [0.1, 0.15) is 0 Å². The van der Waals surface area contributed by atoms with Crippen LogP contribution in [0.15, 0.2) is 23.1 Å². The number of sulfone groups is 1. The smallest absolute Gasteiger partial charge is 0.193 e. The minimum atomic E-state index is -3.64. The molecule has 0 aliphatic carbocycles. The van der Waals surface area contributed by atoms with Crippen LogP contribution in [0.4, 0.5) is 0 Å². The summed E-state index contributed by atoms with van der Waals surface area (Å²) in [5, 5.41) is 8.44. The molecule has 1 aromatic rings. The topological polar surface area (TPSA) is 57.9 Å². The van der Waals surface area contributed by atoms with Crippen LogP contribution >= 0.6 is 23.2 Å². The molecule has 0 atom stereocenters. The van der Waals surface area contributed by atoms with Crippen LogP contribution in [0.25, 0.3) is 0 Å². The van der Waals surface area contributed by atoms with Gasteiger partial charge < -0.3 is 0 Å². The number of rotatable bonds is 2. The van der Waals surface area contributed by atoms with Gasteiger partial charge in [-0.25, -0.2) is 8.42 Å². The molecule has 0 N–H and O–H groups in total. The van der Waals surface area contributed by atoms with Gasteiger partial charge in [-0.05, 0) is 12.1 Å². The van der Waals surface area contributed by atoms with E-state index in [0.717, 1.165) is 0 Å². The molecular formula is C8H5Cl2NO2S. The van der Waals surface area contributed by atoms with E-state index in [1.807, 2.05) is 0 Å². The van der Waals surface area contributed by atoms with E-state index >= 15 is 0 Å². The highest BCUT2D eigenvalue weighted by Crippen LogP contribution is 2.29. The first-order valence-electron chi connectivity index (χ1n) is 3.53. The van der Waals surface area contributed by atoms with E-state index in [1.54, 1.807) is 6.07 Å². The Morgan fingerprint density at radius 3 is 2.57 bits per heavy atom. The molecule has 3 nitrogen and oxygen atoms in total. The fraction of sp³-hybridized carbons (Fsp3) is 0.125. The van der Waals surface area contributed by atoms with E-state index in [0.29, 0.717) is 0 Å². The average molecular weight is 250 g/mol. The normalized spacial score (nSPS) is 10.9. The molecule has 6 heteroatoms. The molecule has 1 rings (SSSR count). The van der Waals surface area contributed by atoms with E-state index in [1.165, 1.54) is 18.2 Å². The fourth-order valence-corrected chi connectivity index (χ4v) is 2.59. The molecule has 0 amide bonds. The average Bonchev–Trinajstić information content (AvgIpc) is 2.09. The number of hydrogen-bond donors (Lipinski definition) is 0. The summed E-state index contributed by atoms with van der Waals surface area (Å²) in [5.74, 6) is -0.604. The summed E-state index contributed by atoms with van der Waals surface area (Å²) in [5.41, 5.74) is 0. The Balaban J connectivity index is 3.35. The van der Waals surface area contributed by atoms with Gasteiger partial charge in [-0.3, -0.25) is 0 Å². The van der Waals surface area contributed by atoms with Crippen molar-refractivity contribution in [1.29, 1.82) is 5.26 Å². The molecule has 0 fully saturated rings. The van der Waals surface area contributed by atoms with Gasteiger partial charge in [-0.15, -0.1) is 0 Å². The Hall–Kier alpha value is -0.760. The van der Waals surface area contributed by atoms with Crippen molar-refractivity contribution in [2.75, 3.05) is 5.75 Å². The third-order valence-electron chi connectivity index (χ3n) is 1.51. The van der Waals surface area contributed by atoms with Crippen LogP contribution in [0, 0.1) is 11.3 Å². The highest BCUT2D eigenvalue weighted by Gasteiger charge is 2.18. The molecule has 0 saturated heterocycles. The molecule has 0 bridgehead atoms. The summed E-state index contributed by atoms with van der Waals surface area (Å²) in [7, 11) is -3.64. The lowest BCUT2D eigenvalue weighted by molar-refractivity contribution is 0.599. The maximum atomic E-state index is 11.4. The molecule has 0 aliphatic rings. The second kappa shape index (κ2) is 4.18. The lowest BCUT2D eigenvalue weighted by atomic mass is 10.4. The highest BCUT2D eigenvalue weighted by atomic mass is 35.5. The lowest BCUT2D eigenvalue weighted by Crippen LogP contribution is -2.05. The van der Waals surface area contributed by atoms with Crippen molar-refractivity contribution in [1.82, 2.24) is 0 Å². The Bertz CT molecular complexity index is 491. The quantitative estimate of drug-likeness (QED) is 0.809. The molecule has 0 radical (unpaired) electrons. The van der Waals surface area contributed by atoms with Crippen LogP contribution in [0.2, 0.25) is 10.0 Å². The summed E-state index contributed by atoms with van der Waals surface area (Å²) in [4.78, 5) is -0.104. The fourth-order valence-electron chi connectivity index (χ4n) is 0.887. The van der Waals surface area contributed by atoms with E-state index in [9.17, 15) is 8.42 Å². The summed E-state index contributed by atoms with van der Waals surface area (Å²) in [6, 6.07) is 5.84. The van der Waals surface area contributed by atoms with Crippen LogP contribution in [-0.2, 0) is 9.84 Å². The number of benzene rings is 1. The van der Waals surface area contributed by atoms with Gasteiger partial charge in [-0.2, -0.15) is 5.26 Å². The zero-order chi connectivity index (χ0) is 10.8. The maximum Gasteiger partial charge on any atom is 0.193 e. The summed E-state index contributed by atoms with van der Waals surface area (Å²) in [6.07, 6.45) is 0. The van der Waals surface area contributed by atoms with Gasteiger partial charge in [0.1, 0.15) is 5.75 Å². The van der Waals surface area contributed by atoms with Gasteiger partial charge in [0.25, 0.3) is 0 Å². The Labute approximate surface area is 91.8 Å². The molecule has 0 saturated carbocycles. The predicted molar refractivity (Wildman–Crippen MR) is 54.1 cm³/mol. The number of hydrogen-bond acceptors (Lipinski definition) is 3. The van der Waals surface area contributed by atoms with E-state index < -0.39 is 15.6 Å². The summed E-state index contributed by atoms with van der Waals surface area (Å²) >= 11 is 11.3. The standard InChI is InChI=1S/C8H5Cl2NO2S/c9-6-2-1-3-7(8(6)10)14(12,13)5-4-11/h1-3H,5H2. The van der Waals surface area contributed by atoms with Crippen molar-refractivity contribution in [3.8, 4) is 6.07 Å². The molecule has 74 valence electrons. The Morgan fingerprint density at radius 1 is 1.36 bits per heavy atom. The first-order valence-corrected chi connectivity index (χ1v) is 5.93. The second-order valence-corrected chi connectivity index (χ2v) is 5.21. The van der Waals surface area contributed by atoms with Gasteiger partial charge in [0.2, 0.25) is 0 Å². The van der Waals surface area contributed by atoms with Crippen LogP contribution in [0.3, 0.4) is 0 Å². The minimum Gasteiger partial charge on any atom is -0.223 e. The summed E-state index contributed by atoms with van der Waals surface area (Å²) in [6.45, 7) is 0. The Kier molecular flexibility index (Phi) is 3.38. The molecule has 0 unspecified atom stereocenters. The molecule has 0 aliphatic heterocycles. The third-order valence-corrected chi connectivity index (χ3v) is 3.96. The first kappa shape index (κ1) is 11.3. The Morgan fingerprint density at radius 2 is 2.00 bits per heavy atom. The highest BCUT2D eigenvalue weighted by molar-refractivity contribution is 7.91. The molecule has 0 aromatic heterocycles. The zero-order valence-electron chi connectivity index (χ0n) is 6.87. The number of nitrogens with zero attached hydrogens (tertiary/aromatic N) is 1. The zero-order valence-corrected chi connectivity index (χ0v) is 9.20. The predicted octanol–water partition coefficient (Wildman–Crippen LogP) is 2.29. The van der Waals surface area contributed by atoms with Gasteiger partial charge in [0.15, 0.2) is 9.84 Å². The molecule has 0 spiro atoms. The van der Waals surface area contributed by atoms with Crippen molar-refractivity contribution in [2.45, 2.75) is 4.90 Å². The first-order chi connectivity index (χ1) is 6.49. The number of nitriles is 1. The minimum absolute atomic E-state index is 0.0376. The van der Waals surface area contributed by atoms with Gasteiger partial charge in [0.05, 0.1) is 21.0 Å². The molecule has 0 heterocycles. The van der Waals surface area contributed by atoms with Crippen LogP contribution in [-0.4, -0.2) is 14.2 Å². The van der Waals surface area contributed by atoms with Crippen molar-refractivity contribution in [2.24, 2.45) is 0 Å². The van der Waals surface area contributed by atoms with Gasteiger partial charge >= 0.3 is 0 Å². The summed E-state index contributed by atoms with van der Waals surface area (Å²) < 4.78 is 22.9. The van der Waals surface area contributed by atoms with Gasteiger partial charge in [-0.1, -0.05) is 29.3 Å². The van der Waals surface area contributed by atoms with Crippen molar-refractivity contribution < 1.29 is 8.42 Å². The van der Waals surface area contributed by atoms with Gasteiger partial charge in [0, 0.05) is 0 Å². The van der Waals surface area contributed by atoms with E-state index in [4.69, 9.17) is 28.5 Å². The third kappa shape index (κ3) is 2.18. The number of halogens is 2. The largest absolute Gasteiger partial charge is 0.223 e. The molecule has 1 aromatic carbocycles. The van der Waals surface area contributed by atoms with Crippen molar-refractivity contribution in [3.63, 3.8) is 0 Å². The van der Waals surface area contributed by atoms with Crippen LogP contribution in [0.5, 0.6) is 0 Å². The van der Waals surface area contributed by atoms with E-state index in [2.05, 4.69) is 0 Å². The SMILES string of the molecule is N#CCS(=O)(=O)c1cccc(Cl)c1Cl. The lowest BCUT2D eigenvalue weighted by Gasteiger charge is -2.03. The second-order valence-electron chi connectivity index (χ2n) is 2.47.